The number of ether oxygens (including phenoxy) is 1. The molecule has 1 N–H and O–H groups in total. The Bertz CT molecular complexity index is 362. The molecule has 0 saturated carbocycles. The number of fused-ring (bicyclic) bond motifs is 1. The maximum Gasteiger partial charge on any atom is 0.0568 e. The number of aliphatic hydroxyl groups excluding tert-OH is 1. The highest BCUT2D eigenvalue weighted by atomic mass is 16.5. The van der Waals surface area contributed by atoms with Gasteiger partial charge in [0.25, 0.3) is 0 Å². The predicted molar refractivity (Wildman–Crippen MR) is 73.9 cm³/mol. The van der Waals surface area contributed by atoms with Gasteiger partial charge < -0.3 is 9.84 Å². The summed E-state index contributed by atoms with van der Waals surface area (Å²) in [6, 6.07) is 8.69. The summed E-state index contributed by atoms with van der Waals surface area (Å²) >= 11 is 0. The molecule has 0 bridgehead atoms. The van der Waals surface area contributed by atoms with Crippen LogP contribution in [0.3, 0.4) is 0 Å². The van der Waals surface area contributed by atoms with Gasteiger partial charge in [-0.25, -0.2) is 0 Å². The molecule has 1 aliphatic rings. The van der Waals surface area contributed by atoms with Gasteiger partial charge in [-0.1, -0.05) is 24.3 Å². The minimum atomic E-state index is -0.229. The molecule has 2 atom stereocenters. The minimum absolute atomic E-state index is 0.229. The van der Waals surface area contributed by atoms with Crippen LogP contribution in [0, 0.1) is 0 Å². The van der Waals surface area contributed by atoms with Gasteiger partial charge in [0.15, 0.2) is 0 Å². The molecule has 0 spiro atoms. The molecule has 0 radical (unpaired) electrons. The predicted octanol–water partition coefficient (Wildman–Crippen LogP) is 3.28. The largest absolute Gasteiger partial charge is 0.393 e. The zero-order chi connectivity index (χ0) is 12.8. The average molecular weight is 248 g/mol. The molecule has 2 heteroatoms. The Morgan fingerprint density at radius 3 is 3.06 bits per heavy atom. The molecular formula is C16H24O2. The summed E-state index contributed by atoms with van der Waals surface area (Å²) in [5, 5.41) is 10.1. The van der Waals surface area contributed by atoms with Gasteiger partial charge in [-0.3, -0.25) is 0 Å². The Morgan fingerprint density at radius 1 is 1.39 bits per heavy atom. The molecule has 100 valence electrons. The van der Waals surface area contributed by atoms with Crippen LogP contribution in [0.25, 0.3) is 0 Å². The van der Waals surface area contributed by atoms with E-state index in [4.69, 9.17) is 4.74 Å². The van der Waals surface area contributed by atoms with Crippen LogP contribution in [0.2, 0.25) is 0 Å². The second-order valence-electron chi connectivity index (χ2n) is 5.16. The van der Waals surface area contributed by atoms with E-state index in [1.54, 1.807) is 0 Å². The quantitative estimate of drug-likeness (QED) is 0.783. The highest BCUT2D eigenvalue weighted by Gasteiger charge is 2.22. The van der Waals surface area contributed by atoms with E-state index in [2.05, 4.69) is 24.3 Å². The molecule has 2 unspecified atom stereocenters. The minimum Gasteiger partial charge on any atom is -0.393 e. The van der Waals surface area contributed by atoms with Gasteiger partial charge in [-0.2, -0.15) is 0 Å². The van der Waals surface area contributed by atoms with E-state index in [1.165, 1.54) is 30.4 Å². The summed E-state index contributed by atoms with van der Waals surface area (Å²) in [6.07, 6.45) is 5.06. The molecule has 0 aromatic heterocycles. The first-order valence-corrected chi connectivity index (χ1v) is 7.15. The first-order chi connectivity index (χ1) is 8.81. The van der Waals surface area contributed by atoms with Crippen molar-refractivity contribution in [3.63, 3.8) is 0 Å². The van der Waals surface area contributed by atoms with Crippen LogP contribution in [0.15, 0.2) is 24.3 Å². The molecule has 0 saturated heterocycles. The first kappa shape index (κ1) is 13.6. The van der Waals surface area contributed by atoms with Crippen molar-refractivity contribution in [3.8, 4) is 0 Å². The number of hydrogen-bond acceptors (Lipinski definition) is 2. The van der Waals surface area contributed by atoms with Crippen LogP contribution in [-0.4, -0.2) is 24.4 Å². The molecule has 1 aromatic rings. The van der Waals surface area contributed by atoms with Crippen LogP contribution in [0.5, 0.6) is 0 Å². The smallest absolute Gasteiger partial charge is 0.0568 e. The van der Waals surface area contributed by atoms with Crippen molar-refractivity contribution in [2.45, 2.75) is 51.0 Å². The summed E-state index contributed by atoms with van der Waals surface area (Å²) in [4.78, 5) is 0. The SMILES string of the molecule is CCOCCC(O)CC1CCCc2ccccc21. The second kappa shape index (κ2) is 6.91. The Balaban J connectivity index is 1.90. The lowest BCUT2D eigenvalue weighted by molar-refractivity contribution is 0.0793. The highest BCUT2D eigenvalue weighted by Crippen LogP contribution is 2.34. The normalized spacial score (nSPS) is 20.4. The van der Waals surface area contributed by atoms with E-state index in [0.29, 0.717) is 12.5 Å². The summed E-state index contributed by atoms with van der Waals surface area (Å²) in [5.41, 5.74) is 2.94. The zero-order valence-corrected chi connectivity index (χ0v) is 11.3. The molecule has 2 nitrogen and oxygen atoms in total. The number of aryl methyl sites for hydroxylation is 1. The first-order valence-electron chi connectivity index (χ1n) is 7.15. The van der Waals surface area contributed by atoms with Crippen molar-refractivity contribution >= 4 is 0 Å². The van der Waals surface area contributed by atoms with E-state index < -0.39 is 0 Å². The topological polar surface area (TPSA) is 29.5 Å². The summed E-state index contributed by atoms with van der Waals surface area (Å²) in [5.74, 6) is 0.534. The van der Waals surface area contributed by atoms with Crippen LogP contribution >= 0.6 is 0 Å². The fraction of sp³-hybridized carbons (Fsp3) is 0.625. The Kier molecular flexibility index (Phi) is 5.21. The van der Waals surface area contributed by atoms with Gasteiger partial charge in [-0.15, -0.1) is 0 Å². The lowest BCUT2D eigenvalue weighted by Gasteiger charge is -2.27. The van der Waals surface area contributed by atoms with Gasteiger partial charge in [0.2, 0.25) is 0 Å². The van der Waals surface area contributed by atoms with Crippen molar-refractivity contribution in [1.82, 2.24) is 0 Å². The maximum absolute atomic E-state index is 10.1. The van der Waals surface area contributed by atoms with E-state index in [0.717, 1.165) is 19.4 Å². The van der Waals surface area contributed by atoms with E-state index >= 15 is 0 Å². The molecule has 0 fully saturated rings. The second-order valence-corrected chi connectivity index (χ2v) is 5.16. The van der Waals surface area contributed by atoms with Crippen molar-refractivity contribution in [2.24, 2.45) is 0 Å². The molecule has 0 amide bonds. The third-order valence-corrected chi connectivity index (χ3v) is 3.85. The van der Waals surface area contributed by atoms with Crippen molar-refractivity contribution in [2.75, 3.05) is 13.2 Å². The monoisotopic (exact) mass is 248 g/mol. The molecule has 1 aromatic carbocycles. The van der Waals surface area contributed by atoms with Crippen molar-refractivity contribution in [3.05, 3.63) is 35.4 Å². The van der Waals surface area contributed by atoms with Gasteiger partial charge >= 0.3 is 0 Å². The van der Waals surface area contributed by atoms with Gasteiger partial charge in [0, 0.05) is 13.2 Å². The highest BCUT2D eigenvalue weighted by molar-refractivity contribution is 5.32. The molecule has 1 aliphatic carbocycles. The van der Waals surface area contributed by atoms with E-state index in [9.17, 15) is 5.11 Å². The zero-order valence-electron chi connectivity index (χ0n) is 11.3. The summed E-state index contributed by atoms with van der Waals surface area (Å²) in [7, 11) is 0. The molecule has 0 aliphatic heterocycles. The lowest BCUT2D eigenvalue weighted by Crippen LogP contribution is -2.18. The van der Waals surface area contributed by atoms with Crippen molar-refractivity contribution < 1.29 is 9.84 Å². The Hall–Kier alpha value is -0.860. The summed E-state index contributed by atoms with van der Waals surface area (Å²) < 4.78 is 5.30. The van der Waals surface area contributed by atoms with Crippen LogP contribution in [0.1, 0.15) is 49.7 Å². The van der Waals surface area contributed by atoms with Gasteiger partial charge in [-0.05, 0) is 56.1 Å². The average Bonchev–Trinajstić information content (AvgIpc) is 2.39. The third kappa shape index (κ3) is 3.56. The Labute approximate surface area is 110 Å². The van der Waals surface area contributed by atoms with E-state index in [1.807, 2.05) is 6.92 Å². The van der Waals surface area contributed by atoms with E-state index in [-0.39, 0.29) is 6.10 Å². The molecule has 18 heavy (non-hydrogen) atoms. The van der Waals surface area contributed by atoms with Crippen LogP contribution in [-0.2, 0) is 11.2 Å². The number of benzene rings is 1. The summed E-state index contributed by atoms with van der Waals surface area (Å²) in [6.45, 7) is 3.40. The Morgan fingerprint density at radius 2 is 2.22 bits per heavy atom. The van der Waals surface area contributed by atoms with Crippen LogP contribution < -0.4 is 0 Å². The number of rotatable bonds is 6. The number of hydrogen-bond donors (Lipinski definition) is 1. The van der Waals surface area contributed by atoms with Gasteiger partial charge in [0.1, 0.15) is 0 Å². The maximum atomic E-state index is 10.1. The fourth-order valence-electron chi connectivity index (χ4n) is 2.91. The van der Waals surface area contributed by atoms with Gasteiger partial charge in [0.05, 0.1) is 6.10 Å². The third-order valence-electron chi connectivity index (χ3n) is 3.85. The molecule has 2 rings (SSSR count). The lowest BCUT2D eigenvalue weighted by atomic mass is 9.80. The molecule has 0 heterocycles. The molecular weight excluding hydrogens is 224 g/mol. The van der Waals surface area contributed by atoms with Crippen molar-refractivity contribution in [1.29, 1.82) is 0 Å². The fourth-order valence-corrected chi connectivity index (χ4v) is 2.91. The van der Waals surface area contributed by atoms with Crippen LogP contribution in [0.4, 0.5) is 0 Å². The number of aliphatic hydroxyl groups is 1. The standard InChI is InChI=1S/C16H24O2/c1-2-18-11-10-15(17)12-14-8-5-7-13-6-3-4-9-16(13)14/h3-4,6,9,14-15,17H,2,5,7-8,10-12H2,1H3.